The van der Waals surface area contributed by atoms with Crippen molar-refractivity contribution >= 4 is 23.7 Å². The van der Waals surface area contributed by atoms with Gasteiger partial charge in [-0.2, -0.15) is 0 Å². The van der Waals surface area contributed by atoms with Crippen LogP contribution in [-0.4, -0.2) is 5.54 Å². The Balaban J connectivity index is 2.17. The van der Waals surface area contributed by atoms with E-state index in [1.807, 2.05) is 12.3 Å². The lowest BCUT2D eigenvalue weighted by Gasteiger charge is -2.32. The van der Waals surface area contributed by atoms with Crippen LogP contribution in [-0.2, 0) is 4.20 Å². The van der Waals surface area contributed by atoms with Gasteiger partial charge < -0.3 is 5.32 Å². The van der Waals surface area contributed by atoms with E-state index >= 15 is 0 Å². The van der Waals surface area contributed by atoms with Gasteiger partial charge in [-0.05, 0) is 43.7 Å². The molecule has 1 aromatic carbocycles. The maximum absolute atomic E-state index is 3.50. The van der Waals surface area contributed by atoms with E-state index in [9.17, 15) is 0 Å². The van der Waals surface area contributed by atoms with Crippen molar-refractivity contribution in [3.8, 4) is 0 Å². The van der Waals surface area contributed by atoms with Crippen molar-refractivity contribution in [2.75, 3.05) is 0 Å². The number of thioether (sulfide) groups is 1. The van der Waals surface area contributed by atoms with Crippen LogP contribution in [0.25, 0.3) is 0 Å². The molecule has 2 nitrogen and oxygen atoms in total. The third-order valence-corrected chi connectivity index (χ3v) is 5.08. The smallest absolute Gasteiger partial charge is 0.174 e. The lowest BCUT2D eigenvalue weighted by molar-refractivity contribution is 0.531. The molecule has 1 aromatic rings. The van der Waals surface area contributed by atoms with Gasteiger partial charge >= 0.3 is 0 Å². The van der Waals surface area contributed by atoms with Crippen molar-refractivity contribution < 1.29 is 0 Å². The van der Waals surface area contributed by atoms with Crippen LogP contribution in [0.3, 0.4) is 0 Å². The van der Waals surface area contributed by atoms with Crippen LogP contribution in [0.1, 0.15) is 26.3 Å². The molecular formula is C13H18N2S2. The third kappa shape index (κ3) is 3.21. The van der Waals surface area contributed by atoms with Crippen LogP contribution in [0.15, 0.2) is 41.9 Å². The number of hydrogen-bond donors (Lipinski definition) is 2. The summed E-state index contributed by atoms with van der Waals surface area (Å²) in [6.45, 7) is 6.52. The molecule has 17 heavy (non-hydrogen) atoms. The Morgan fingerprint density at radius 3 is 2.47 bits per heavy atom. The molecule has 0 spiro atoms. The maximum Gasteiger partial charge on any atom is 0.174 e. The fourth-order valence-corrected chi connectivity index (χ4v) is 3.50. The summed E-state index contributed by atoms with van der Waals surface area (Å²) in [4.78, 5) is 0. The summed E-state index contributed by atoms with van der Waals surface area (Å²) in [7, 11) is 0. The van der Waals surface area contributed by atoms with Crippen molar-refractivity contribution in [1.29, 1.82) is 0 Å². The second-order valence-electron chi connectivity index (χ2n) is 5.00. The van der Waals surface area contributed by atoms with Crippen molar-refractivity contribution in [2.24, 2.45) is 0 Å². The molecule has 0 amide bonds. The Labute approximate surface area is 112 Å². The average Bonchev–Trinajstić information content (AvgIpc) is 2.77. The molecule has 0 fully saturated rings. The highest BCUT2D eigenvalue weighted by molar-refractivity contribution is 8.18. The van der Waals surface area contributed by atoms with Gasteiger partial charge in [-0.15, -0.1) is 0 Å². The first-order valence-corrected chi connectivity index (χ1v) is 7.33. The maximum atomic E-state index is 3.50. The van der Waals surface area contributed by atoms with Crippen LogP contribution in [0, 0.1) is 0 Å². The molecule has 1 aliphatic rings. The molecule has 1 heterocycles. The first kappa shape index (κ1) is 12.9. The van der Waals surface area contributed by atoms with Crippen LogP contribution in [0.2, 0.25) is 0 Å². The second-order valence-corrected chi connectivity index (χ2v) is 7.40. The largest absolute Gasteiger partial charge is 0.363 e. The molecule has 4 heteroatoms. The van der Waals surface area contributed by atoms with Crippen molar-refractivity contribution in [1.82, 2.24) is 10.0 Å². The molecular weight excluding hydrogens is 248 g/mol. The number of nitrogens with one attached hydrogen (secondary N) is 2. The highest BCUT2D eigenvalue weighted by Gasteiger charge is 2.36. The van der Waals surface area contributed by atoms with Crippen molar-refractivity contribution in [3.05, 3.63) is 47.5 Å². The summed E-state index contributed by atoms with van der Waals surface area (Å²) in [6.07, 6.45) is 2.01. The number of rotatable bonds is 3. The average molecular weight is 266 g/mol. The Kier molecular flexibility index (Phi) is 3.76. The van der Waals surface area contributed by atoms with E-state index in [4.69, 9.17) is 0 Å². The molecule has 0 saturated carbocycles. The fourth-order valence-electron chi connectivity index (χ4n) is 1.45. The highest BCUT2D eigenvalue weighted by atomic mass is 32.2. The second kappa shape index (κ2) is 4.96. The van der Waals surface area contributed by atoms with Gasteiger partial charge in [-0.25, -0.2) is 0 Å². The molecule has 0 aliphatic carbocycles. The van der Waals surface area contributed by atoms with Gasteiger partial charge in [0.05, 0.1) is 0 Å². The Morgan fingerprint density at radius 1 is 1.24 bits per heavy atom. The Morgan fingerprint density at radius 2 is 1.94 bits per heavy atom. The van der Waals surface area contributed by atoms with Gasteiger partial charge in [-0.3, -0.25) is 4.72 Å². The van der Waals surface area contributed by atoms with Crippen LogP contribution in [0.5, 0.6) is 0 Å². The van der Waals surface area contributed by atoms with E-state index in [1.54, 1.807) is 23.7 Å². The zero-order valence-electron chi connectivity index (χ0n) is 10.4. The predicted molar refractivity (Wildman–Crippen MR) is 78.5 cm³/mol. The van der Waals surface area contributed by atoms with Crippen LogP contribution >= 0.6 is 23.7 Å². The molecule has 1 aliphatic heterocycles. The van der Waals surface area contributed by atoms with E-state index in [0.29, 0.717) is 0 Å². The van der Waals surface area contributed by atoms with E-state index in [1.165, 1.54) is 5.56 Å². The van der Waals surface area contributed by atoms with Crippen molar-refractivity contribution in [3.63, 3.8) is 0 Å². The van der Waals surface area contributed by atoms with Gasteiger partial charge in [0, 0.05) is 11.7 Å². The molecule has 2 N–H and O–H groups in total. The molecule has 0 saturated heterocycles. The molecule has 0 bridgehead atoms. The van der Waals surface area contributed by atoms with E-state index in [-0.39, 0.29) is 9.74 Å². The summed E-state index contributed by atoms with van der Waals surface area (Å²) >= 11 is 3.52. The Hall–Kier alpha value is -0.580. The van der Waals surface area contributed by atoms with Gasteiger partial charge in [0.15, 0.2) is 4.20 Å². The standard InChI is InChI=1S/C13H18N2S2/c1-12(2,3)15-17-13(14-9-10-16-13)11-7-5-4-6-8-11/h4-10,14-15H,1-3H3. The quantitative estimate of drug-likeness (QED) is 0.816. The minimum Gasteiger partial charge on any atom is -0.363 e. The van der Waals surface area contributed by atoms with Gasteiger partial charge in [-0.1, -0.05) is 42.1 Å². The van der Waals surface area contributed by atoms with Gasteiger partial charge in [0.1, 0.15) is 0 Å². The van der Waals surface area contributed by atoms with Crippen molar-refractivity contribution in [2.45, 2.75) is 30.5 Å². The number of hydrogen-bond acceptors (Lipinski definition) is 4. The minimum absolute atomic E-state index is 0.0945. The van der Waals surface area contributed by atoms with Gasteiger partial charge in [0.25, 0.3) is 0 Å². The lowest BCUT2D eigenvalue weighted by Crippen LogP contribution is -2.38. The van der Waals surface area contributed by atoms with E-state index in [2.05, 4.69) is 60.5 Å². The third-order valence-electron chi connectivity index (χ3n) is 2.23. The topological polar surface area (TPSA) is 24.1 Å². The molecule has 0 radical (unpaired) electrons. The summed E-state index contributed by atoms with van der Waals surface area (Å²) in [5.74, 6) is 0. The zero-order chi connectivity index (χ0) is 12.4. The normalized spacial score (nSPS) is 23.7. The number of benzene rings is 1. The summed E-state index contributed by atoms with van der Waals surface area (Å²) in [6, 6.07) is 10.5. The Bertz CT molecular complexity index is 388. The first-order valence-electron chi connectivity index (χ1n) is 5.63. The molecule has 0 aromatic heterocycles. The van der Waals surface area contributed by atoms with E-state index < -0.39 is 0 Å². The predicted octanol–water partition coefficient (Wildman–Crippen LogP) is 3.64. The van der Waals surface area contributed by atoms with E-state index in [0.717, 1.165) is 0 Å². The molecule has 1 atom stereocenters. The molecule has 2 rings (SSSR count). The summed E-state index contributed by atoms with van der Waals surface area (Å²) < 4.78 is 3.35. The SMILES string of the molecule is CC(C)(C)NSC1(c2ccccc2)NC=CS1. The van der Waals surface area contributed by atoms with Gasteiger partial charge in [0.2, 0.25) is 0 Å². The fraction of sp³-hybridized carbons (Fsp3) is 0.385. The lowest BCUT2D eigenvalue weighted by atomic mass is 10.1. The molecule has 1 unspecified atom stereocenters. The monoisotopic (exact) mass is 266 g/mol. The summed E-state index contributed by atoms with van der Waals surface area (Å²) in [5.41, 5.74) is 1.37. The zero-order valence-corrected chi connectivity index (χ0v) is 12.0. The molecule has 92 valence electrons. The van der Waals surface area contributed by atoms with Crippen LogP contribution in [0.4, 0.5) is 0 Å². The minimum atomic E-state index is -0.144. The highest BCUT2D eigenvalue weighted by Crippen LogP contribution is 2.46. The summed E-state index contributed by atoms with van der Waals surface area (Å²) in [5, 5.41) is 5.54. The van der Waals surface area contributed by atoms with Crippen LogP contribution < -0.4 is 10.0 Å². The first-order chi connectivity index (χ1) is 8.02.